The highest BCUT2D eigenvalue weighted by atomic mass is 32.2. The van der Waals surface area contributed by atoms with E-state index in [1.807, 2.05) is 16.8 Å². The fourth-order valence-electron chi connectivity index (χ4n) is 2.86. The van der Waals surface area contributed by atoms with Gasteiger partial charge in [0.25, 0.3) is 0 Å². The highest BCUT2D eigenvalue weighted by Gasteiger charge is 2.35. The van der Waals surface area contributed by atoms with Gasteiger partial charge in [0.15, 0.2) is 0 Å². The van der Waals surface area contributed by atoms with E-state index in [4.69, 9.17) is 5.14 Å². The lowest BCUT2D eigenvalue weighted by Gasteiger charge is -2.13. The van der Waals surface area contributed by atoms with Crippen LogP contribution in [0.15, 0.2) is 24.8 Å². The maximum Gasteiger partial charge on any atom is 0.333 e. The zero-order valence-corrected chi connectivity index (χ0v) is 12.0. The summed E-state index contributed by atoms with van der Waals surface area (Å²) in [5, 5.41) is 15.8. The average molecular weight is 312 g/mol. The van der Waals surface area contributed by atoms with Crippen LogP contribution in [0.25, 0.3) is 11.0 Å². The van der Waals surface area contributed by atoms with Gasteiger partial charge in [-0.25, -0.2) is 15.1 Å². The monoisotopic (exact) mass is 312 g/mol. The molecule has 0 bridgehead atoms. The second-order valence-electron chi connectivity index (χ2n) is 5.25. The molecule has 0 aliphatic heterocycles. The van der Waals surface area contributed by atoms with Gasteiger partial charge in [0.2, 0.25) is 0 Å². The number of nitrogens with zero attached hydrogens (tertiary/aromatic N) is 3. The van der Waals surface area contributed by atoms with Crippen molar-refractivity contribution < 1.29 is 17.7 Å². The molecule has 2 aromatic heterocycles. The summed E-state index contributed by atoms with van der Waals surface area (Å²) in [7, 11) is -3.98. The zero-order chi connectivity index (χ0) is 15.0. The summed E-state index contributed by atoms with van der Waals surface area (Å²) in [6.45, 7) is -0.106. The lowest BCUT2D eigenvalue weighted by molar-refractivity contribution is 0.100. The third-order valence-corrected chi connectivity index (χ3v) is 4.31. The van der Waals surface area contributed by atoms with Crippen LogP contribution in [0.3, 0.4) is 0 Å². The molecule has 3 N–H and O–H groups in total. The van der Waals surface area contributed by atoms with Crippen LogP contribution in [0.5, 0.6) is 0 Å². The Morgan fingerprint density at radius 3 is 3.05 bits per heavy atom. The summed E-state index contributed by atoms with van der Waals surface area (Å²) in [4.78, 5) is 8.21. The van der Waals surface area contributed by atoms with Gasteiger partial charge in [-0.15, -0.1) is 0 Å². The molecule has 2 heterocycles. The van der Waals surface area contributed by atoms with E-state index in [2.05, 4.69) is 14.2 Å². The molecule has 0 aromatic carbocycles. The molecule has 1 saturated carbocycles. The zero-order valence-electron chi connectivity index (χ0n) is 11.2. The number of hydrogen-bond acceptors (Lipinski definition) is 6. The minimum Gasteiger partial charge on any atom is -0.393 e. The van der Waals surface area contributed by atoms with Gasteiger partial charge in [-0.1, -0.05) is 0 Å². The summed E-state index contributed by atoms with van der Waals surface area (Å²) >= 11 is 0. The molecule has 2 aromatic rings. The molecule has 0 radical (unpaired) electrons. The van der Waals surface area contributed by atoms with Crippen molar-refractivity contribution in [2.75, 3.05) is 6.61 Å². The average Bonchev–Trinajstić information content (AvgIpc) is 2.99. The molecule has 1 aliphatic rings. The van der Waals surface area contributed by atoms with Crippen molar-refractivity contribution in [3.05, 3.63) is 24.8 Å². The van der Waals surface area contributed by atoms with Gasteiger partial charge in [0.1, 0.15) is 12.0 Å². The van der Waals surface area contributed by atoms with Crippen LogP contribution in [0.4, 0.5) is 0 Å². The first-order valence-corrected chi connectivity index (χ1v) is 8.03. The second kappa shape index (κ2) is 5.34. The fraction of sp³-hybridized carbons (Fsp3) is 0.500. The van der Waals surface area contributed by atoms with Crippen molar-refractivity contribution in [3.63, 3.8) is 0 Å². The molecular formula is C12H16N4O4S. The Kier molecular flexibility index (Phi) is 3.66. The van der Waals surface area contributed by atoms with Crippen LogP contribution in [-0.2, 0) is 14.5 Å². The van der Waals surface area contributed by atoms with Gasteiger partial charge in [-0.05, 0) is 18.9 Å². The molecule has 8 nitrogen and oxygen atoms in total. The smallest absolute Gasteiger partial charge is 0.333 e. The van der Waals surface area contributed by atoms with Crippen LogP contribution < -0.4 is 5.14 Å². The maximum absolute atomic E-state index is 10.8. The number of aliphatic hydroxyl groups is 1. The second-order valence-corrected chi connectivity index (χ2v) is 6.48. The molecule has 3 atom stereocenters. The van der Waals surface area contributed by atoms with Gasteiger partial charge >= 0.3 is 10.3 Å². The maximum atomic E-state index is 10.8. The van der Waals surface area contributed by atoms with Crippen LogP contribution >= 0.6 is 0 Å². The number of hydrogen-bond donors (Lipinski definition) is 2. The molecule has 1 aliphatic carbocycles. The summed E-state index contributed by atoms with van der Waals surface area (Å²) in [6, 6.07) is 1.96. The minimum atomic E-state index is -3.98. The highest BCUT2D eigenvalue weighted by Crippen LogP contribution is 2.36. The largest absolute Gasteiger partial charge is 0.393 e. The molecule has 0 amide bonds. The molecule has 0 spiro atoms. The summed E-state index contributed by atoms with van der Waals surface area (Å²) in [5.41, 5.74) is 0.801. The summed E-state index contributed by atoms with van der Waals surface area (Å²) in [6.07, 6.45) is 5.60. The van der Waals surface area contributed by atoms with Crippen LogP contribution in [0.2, 0.25) is 0 Å². The van der Waals surface area contributed by atoms with Gasteiger partial charge in [-0.3, -0.25) is 4.18 Å². The van der Waals surface area contributed by atoms with Gasteiger partial charge in [-0.2, -0.15) is 8.42 Å². The predicted octanol–water partition coefficient (Wildman–Crippen LogP) is -0.0366. The van der Waals surface area contributed by atoms with E-state index in [1.54, 1.807) is 6.20 Å². The van der Waals surface area contributed by atoms with Crippen LogP contribution in [0.1, 0.15) is 18.9 Å². The fourth-order valence-corrected chi connectivity index (χ4v) is 3.22. The normalized spacial score (nSPS) is 26.5. The SMILES string of the molecule is NS(=O)(=O)OC[C@@H]1C[C@@H](n2ccc3cncnc32)C[C@@H]1O. The van der Waals surface area contributed by atoms with E-state index in [0.29, 0.717) is 12.8 Å². The Bertz CT molecular complexity index is 745. The third-order valence-electron chi connectivity index (χ3n) is 3.85. The quantitative estimate of drug-likeness (QED) is 0.817. The standard InChI is InChI=1S/C12H16N4O4S/c13-21(18,19)20-6-9-3-10(4-11(9)17)16-2-1-8-5-14-7-15-12(8)16/h1-2,5,7,9-11,17H,3-4,6H2,(H2,13,18,19)/t9-,10+,11-/m0/s1. The molecule has 0 saturated heterocycles. The van der Waals surface area contributed by atoms with E-state index < -0.39 is 16.4 Å². The summed E-state index contributed by atoms with van der Waals surface area (Å²) in [5.74, 6) is -0.271. The van der Waals surface area contributed by atoms with Gasteiger partial charge in [0, 0.05) is 29.7 Å². The number of nitrogens with two attached hydrogens (primary N) is 1. The Morgan fingerprint density at radius 2 is 2.29 bits per heavy atom. The first-order chi connectivity index (χ1) is 9.94. The van der Waals surface area contributed by atoms with Crippen molar-refractivity contribution >= 4 is 21.3 Å². The molecule has 1 fully saturated rings. The first kappa shape index (κ1) is 14.4. The third kappa shape index (κ3) is 3.05. The number of aromatic nitrogens is 3. The van der Waals surface area contributed by atoms with E-state index in [1.165, 1.54) is 6.33 Å². The molecule has 9 heteroatoms. The molecule has 21 heavy (non-hydrogen) atoms. The van der Waals surface area contributed by atoms with E-state index in [-0.39, 0.29) is 18.6 Å². The Balaban J connectivity index is 1.76. The molecular weight excluding hydrogens is 296 g/mol. The first-order valence-electron chi connectivity index (χ1n) is 6.56. The number of fused-ring (bicyclic) bond motifs is 1. The number of rotatable bonds is 4. The van der Waals surface area contributed by atoms with E-state index >= 15 is 0 Å². The van der Waals surface area contributed by atoms with Crippen LogP contribution in [-0.4, -0.2) is 40.8 Å². The molecule has 114 valence electrons. The van der Waals surface area contributed by atoms with Crippen molar-refractivity contribution in [1.82, 2.24) is 14.5 Å². The Labute approximate surface area is 121 Å². The van der Waals surface area contributed by atoms with E-state index in [0.717, 1.165) is 11.0 Å². The van der Waals surface area contributed by atoms with Gasteiger partial charge in [0.05, 0.1) is 12.7 Å². The van der Waals surface area contributed by atoms with Gasteiger partial charge < -0.3 is 9.67 Å². The lowest BCUT2D eigenvalue weighted by Crippen LogP contribution is -2.24. The predicted molar refractivity (Wildman–Crippen MR) is 74.4 cm³/mol. The minimum absolute atomic E-state index is 0.0430. The number of aliphatic hydroxyl groups excluding tert-OH is 1. The van der Waals surface area contributed by atoms with Crippen molar-refractivity contribution in [3.8, 4) is 0 Å². The van der Waals surface area contributed by atoms with Crippen LogP contribution in [0, 0.1) is 5.92 Å². The van der Waals surface area contributed by atoms with Crippen molar-refractivity contribution in [1.29, 1.82) is 0 Å². The van der Waals surface area contributed by atoms with Crippen molar-refractivity contribution in [2.24, 2.45) is 11.1 Å². The lowest BCUT2D eigenvalue weighted by atomic mass is 10.1. The molecule has 3 rings (SSSR count). The van der Waals surface area contributed by atoms with Crippen molar-refractivity contribution in [2.45, 2.75) is 25.0 Å². The molecule has 0 unspecified atom stereocenters. The Hall–Kier alpha value is -1.55. The summed E-state index contributed by atoms with van der Waals surface area (Å²) < 4.78 is 28.2. The highest BCUT2D eigenvalue weighted by molar-refractivity contribution is 7.84. The Morgan fingerprint density at radius 1 is 1.48 bits per heavy atom. The van der Waals surface area contributed by atoms with E-state index in [9.17, 15) is 13.5 Å². The topological polar surface area (TPSA) is 120 Å².